The molecule has 0 fully saturated rings. The molecular weight excluding hydrogens is 671 g/mol. The summed E-state index contributed by atoms with van der Waals surface area (Å²) in [6, 6.07) is 0. The third-order valence-corrected chi connectivity index (χ3v) is 12.4. The van der Waals surface area contributed by atoms with Gasteiger partial charge in [0.05, 0.1) is 13.2 Å². The molecule has 0 aliphatic heterocycles. The van der Waals surface area contributed by atoms with E-state index >= 15 is 0 Å². The monoisotopic (exact) mass is 771 g/mol. The molecule has 0 saturated carbocycles. The number of rotatable bonds is 46. The van der Waals surface area contributed by atoms with Crippen LogP contribution in [0.3, 0.4) is 0 Å². The molecule has 1 N–H and O–H groups in total. The first kappa shape index (κ1) is 53.1. The van der Waals surface area contributed by atoms with Gasteiger partial charge in [-0.25, -0.2) is 4.57 Å². The van der Waals surface area contributed by atoms with Gasteiger partial charge in [-0.15, -0.1) is 0 Å². The lowest BCUT2D eigenvalue weighted by atomic mass is 10.0. The van der Waals surface area contributed by atoms with Crippen LogP contribution in [0.4, 0.5) is 0 Å². The van der Waals surface area contributed by atoms with E-state index in [0.717, 1.165) is 37.5 Å². The Morgan fingerprint density at radius 2 is 0.453 bits per heavy atom. The average Bonchev–Trinajstić information content (AvgIpc) is 3.12. The average molecular weight is 771 g/mol. The maximum Gasteiger partial charge on any atom is 0.472 e. The highest BCUT2D eigenvalue weighted by molar-refractivity contribution is 7.47. The van der Waals surface area contributed by atoms with Gasteiger partial charge < -0.3 is 4.89 Å². The van der Waals surface area contributed by atoms with Crippen molar-refractivity contribution in [1.29, 1.82) is 0 Å². The van der Waals surface area contributed by atoms with E-state index in [4.69, 9.17) is 9.05 Å². The first-order chi connectivity index (χ1) is 25.8. The minimum Gasteiger partial charge on any atom is -0.302 e. The van der Waals surface area contributed by atoms with E-state index in [2.05, 4.69) is 27.7 Å². The molecule has 0 saturated heterocycles. The van der Waals surface area contributed by atoms with Crippen molar-refractivity contribution in [2.75, 3.05) is 13.2 Å². The highest BCUT2D eigenvalue weighted by atomic mass is 31.2. The van der Waals surface area contributed by atoms with Gasteiger partial charge in [-0.2, -0.15) is 0 Å². The number of phosphoric acid groups is 1. The fourth-order valence-corrected chi connectivity index (χ4v) is 8.51. The molecule has 0 aromatic rings. The molecule has 5 heteroatoms. The molecule has 0 aliphatic carbocycles. The molecule has 0 radical (unpaired) electrons. The van der Waals surface area contributed by atoms with Crippen molar-refractivity contribution in [1.82, 2.24) is 0 Å². The lowest BCUT2D eigenvalue weighted by molar-refractivity contribution is 0.145. The summed E-state index contributed by atoms with van der Waals surface area (Å²) in [6.45, 7) is 9.99. The van der Waals surface area contributed by atoms with Crippen molar-refractivity contribution in [2.24, 2.45) is 11.8 Å². The van der Waals surface area contributed by atoms with Gasteiger partial charge in [-0.3, -0.25) is 9.05 Å². The quantitative estimate of drug-likeness (QED) is 0.0495. The Kier molecular flexibility index (Phi) is 43.3. The molecule has 4 nitrogen and oxygen atoms in total. The molecule has 0 rings (SSSR count). The van der Waals surface area contributed by atoms with Gasteiger partial charge in [-0.05, 0) is 24.7 Å². The van der Waals surface area contributed by atoms with Crippen LogP contribution in [0.1, 0.15) is 285 Å². The normalized spacial score (nSPS) is 12.2. The zero-order valence-electron chi connectivity index (χ0n) is 37.0. The highest BCUT2D eigenvalue weighted by Gasteiger charge is 2.20. The third kappa shape index (κ3) is 48.2. The summed E-state index contributed by atoms with van der Waals surface area (Å²) in [5, 5.41) is 0. The van der Waals surface area contributed by atoms with Gasteiger partial charge in [0.15, 0.2) is 0 Å². The van der Waals surface area contributed by atoms with Crippen LogP contribution in [-0.2, 0) is 13.6 Å². The second-order valence-electron chi connectivity index (χ2n) is 17.9. The molecule has 53 heavy (non-hydrogen) atoms. The third-order valence-electron chi connectivity index (χ3n) is 11.4. The summed E-state index contributed by atoms with van der Waals surface area (Å²) in [5.41, 5.74) is 0. The summed E-state index contributed by atoms with van der Waals surface area (Å²) >= 11 is 0. The minimum atomic E-state index is -3.89. The molecule has 0 aromatic heterocycles. The van der Waals surface area contributed by atoms with Crippen LogP contribution in [0.15, 0.2) is 0 Å². The van der Waals surface area contributed by atoms with Crippen LogP contribution in [0.25, 0.3) is 0 Å². The number of unbranched alkanes of at least 4 members (excludes halogenated alkanes) is 36. The lowest BCUT2D eigenvalue weighted by Gasteiger charge is -2.12. The standard InChI is InChI=1S/C48H99O4P/c1-47(2)43-39-35-31-27-23-19-15-11-7-5-9-13-17-21-25-29-33-37-41-45-51-53(49,50)52-46-42-38-34-30-26-22-18-14-10-6-8-12-16-20-24-28-32-36-40-44-48(3)4/h47-48H,5-46H2,1-4H3,(H,49,50). The maximum absolute atomic E-state index is 12.2. The van der Waals surface area contributed by atoms with Crippen LogP contribution >= 0.6 is 7.82 Å². The van der Waals surface area contributed by atoms with Crippen LogP contribution in [0.5, 0.6) is 0 Å². The molecule has 320 valence electrons. The van der Waals surface area contributed by atoms with Crippen molar-refractivity contribution in [3.63, 3.8) is 0 Å². The zero-order chi connectivity index (χ0) is 38.8. The number of phosphoric ester groups is 1. The fraction of sp³-hybridized carbons (Fsp3) is 1.00. The Labute approximate surface area is 334 Å². The summed E-state index contributed by atoms with van der Waals surface area (Å²) in [6.07, 6.45) is 54.1. The fourth-order valence-electron chi connectivity index (χ4n) is 7.72. The van der Waals surface area contributed by atoms with Gasteiger partial charge in [0.25, 0.3) is 0 Å². The van der Waals surface area contributed by atoms with Crippen molar-refractivity contribution in [2.45, 2.75) is 285 Å². The topological polar surface area (TPSA) is 55.8 Å². The van der Waals surface area contributed by atoms with Crippen LogP contribution in [0, 0.1) is 11.8 Å². The molecule has 0 heterocycles. The first-order valence-electron chi connectivity index (χ1n) is 24.5. The molecule has 0 aliphatic rings. The first-order valence-corrected chi connectivity index (χ1v) is 25.9. The van der Waals surface area contributed by atoms with Gasteiger partial charge in [-0.1, -0.05) is 272 Å². The largest absolute Gasteiger partial charge is 0.472 e. The van der Waals surface area contributed by atoms with Crippen molar-refractivity contribution in [3.05, 3.63) is 0 Å². The molecular formula is C48H99O4P. The summed E-state index contributed by atoms with van der Waals surface area (Å²) in [5.74, 6) is 1.75. The Morgan fingerprint density at radius 3 is 0.623 bits per heavy atom. The van der Waals surface area contributed by atoms with E-state index in [1.807, 2.05) is 0 Å². The minimum absolute atomic E-state index is 0.324. The molecule has 0 atom stereocenters. The smallest absolute Gasteiger partial charge is 0.302 e. The van der Waals surface area contributed by atoms with E-state index in [1.165, 1.54) is 231 Å². The van der Waals surface area contributed by atoms with Gasteiger partial charge >= 0.3 is 7.82 Å². The molecule has 0 bridgehead atoms. The SMILES string of the molecule is CC(C)CCCCCCCCCCCCCCCCCCCCCOP(=O)(O)OCCCCCCCCCCCCCCCCCCCCCC(C)C. The lowest BCUT2D eigenvalue weighted by Crippen LogP contribution is -1.99. The van der Waals surface area contributed by atoms with E-state index < -0.39 is 7.82 Å². The number of hydrogen-bond acceptors (Lipinski definition) is 3. The summed E-state index contributed by atoms with van der Waals surface area (Å²) in [4.78, 5) is 9.97. The van der Waals surface area contributed by atoms with E-state index in [-0.39, 0.29) is 0 Å². The van der Waals surface area contributed by atoms with Crippen molar-refractivity contribution < 1.29 is 18.5 Å². The maximum atomic E-state index is 12.2. The van der Waals surface area contributed by atoms with Crippen LogP contribution in [0.2, 0.25) is 0 Å². The van der Waals surface area contributed by atoms with E-state index in [9.17, 15) is 9.46 Å². The van der Waals surface area contributed by atoms with E-state index in [0.29, 0.717) is 13.2 Å². The van der Waals surface area contributed by atoms with E-state index in [1.54, 1.807) is 0 Å². The summed E-state index contributed by atoms with van der Waals surface area (Å²) in [7, 11) is -3.89. The molecule has 0 amide bonds. The Bertz CT molecular complexity index is 670. The predicted octanol–water partition coefficient (Wildman–Crippen LogP) is 18.0. The van der Waals surface area contributed by atoms with Crippen LogP contribution in [-0.4, -0.2) is 18.1 Å². The second-order valence-corrected chi connectivity index (χ2v) is 19.4. The molecule has 0 spiro atoms. The highest BCUT2D eigenvalue weighted by Crippen LogP contribution is 2.43. The van der Waals surface area contributed by atoms with Crippen LogP contribution < -0.4 is 0 Å². The molecule has 0 aromatic carbocycles. The van der Waals surface area contributed by atoms with Gasteiger partial charge in [0.2, 0.25) is 0 Å². The van der Waals surface area contributed by atoms with Gasteiger partial charge in [0, 0.05) is 0 Å². The zero-order valence-corrected chi connectivity index (χ0v) is 37.9. The molecule has 0 unspecified atom stereocenters. The van der Waals surface area contributed by atoms with Crippen molar-refractivity contribution in [3.8, 4) is 0 Å². The van der Waals surface area contributed by atoms with Crippen molar-refractivity contribution >= 4 is 7.82 Å². The van der Waals surface area contributed by atoms with Gasteiger partial charge in [0.1, 0.15) is 0 Å². The summed E-state index contributed by atoms with van der Waals surface area (Å²) < 4.78 is 22.6. The Balaban J connectivity index is 3.25. The Morgan fingerprint density at radius 1 is 0.302 bits per heavy atom. The Hall–Kier alpha value is 0.110. The number of hydrogen-bond donors (Lipinski definition) is 1. The second kappa shape index (κ2) is 43.2. The predicted molar refractivity (Wildman–Crippen MR) is 236 cm³/mol.